The Morgan fingerprint density at radius 1 is 0.913 bits per heavy atom. The van der Waals surface area contributed by atoms with Gasteiger partial charge in [-0.05, 0) is 58.7 Å². The van der Waals surface area contributed by atoms with Gasteiger partial charge in [-0.15, -0.1) is 0 Å². The quantitative estimate of drug-likeness (QED) is 0.408. The molecule has 0 heterocycles. The highest BCUT2D eigenvalue weighted by Crippen LogP contribution is 2.66. The lowest BCUT2D eigenvalue weighted by Gasteiger charge is -2.40. The molecular formula is C23H46. The molecule has 1 rings (SSSR count). The van der Waals surface area contributed by atoms with E-state index >= 15 is 0 Å². The van der Waals surface area contributed by atoms with Crippen molar-refractivity contribution in [3.8, 4) is 0 Å². The predicted molar refractivity (Wildman–Crippen MR) is 106 cm³/mol. The Labute approximate surface area is 148 Å². The topological polar surface area (TPSA) is 0 Å². The summed E-state index contributed by atoms with van der Waals surface area (Å²) in [6.45, 7) is 27.3. The van der Waals surface area contributed by atoms with E-state index in [0.29, 0.717) is 10.8 Å². The van der Waals surface area contributed by atoms with Gasteiger partial charge in [0.1, 0.15) is 0 Å². The van der Waals surface area contributed by atoms with Crippen molar-refractivity contribution in [1.82, 2.24) is 0 Å². The van der Waals surface area contributed by atoms with Gasteiger partial charge in [-0.25, -0.2) is 0 Å². The fourth-order valence-corrected chi connectivity index (χ4v) is 6.17. The fourth-order valence-electron chi connectivity index (χ4n) is 6.17. The van der Waals surface area contributed by atoms with Crippen molar-refractivity contribution >= 4 is 0 Å². The second kappa shape index (κ2) is 7.49. The molecule has 6 atom stereocenters. The van der Waals surface area contributed by atoms with Crippen LogP contribution in [-0.2, 0) is 0 Å². The van der Waals surface area contributed by atoms with Gasteiger partial charge < -0.3 is 0 Å². The molecule has 0 saturated heterocycles. The van der Waals surface area contributed by atoms with Gasteiger partial charge in [-0.2, -0.15) is 0 Å². The first kappa shape index (κ1) is 21.0. The van der Waals surface area contributed by atoms with E-state index in [0.717, 1.165) is 41.4 Å². The largest absolute Gasteiger partial charge is 0.0654 e. The summed E-state index contributed by atoms with van der Waals surface area (Å²) < 4.78 is 0. The molecule has 0 spiro atoms. The smallest absolute Gasteiger partial charge is 0.0287 e. The van der Waals surface area contributed by atoms with Crippen LogP contribution in [0, 0.1) is 52.3 Å². The van der Waals surface area contributed by atoms with Crippen LogP contribution in [-0.4, -0.2) is 0 Å². The lowest BCUT2D eigenvalue weighted by Crippen LogP contribution is -2.33. The molecule has 0 nitrogen and oxygen atoms in total. The first-order chi connectivity index (χ1) is 10.4. The first-order valence-electron chi connectivity index (χ1n) is 10.4. The summed E-state index contributed by atoms with van der Waals surface area (Å²) in [5.74, 6) is 5.98. The third-order valence-electron chi connectivity index (χ3n) is 7.79. The molecular weight excluding hydrogens is 276 g/mol. The van der Waals surface area contributed by atoms with Crippen LogP contribution < -0.4 is 0 Å². The monoisotopic (exact) mass is 322 g/mol. The molecule has 0 radical (unpaired) electrons. The highest BCUT2D eigenvalue weighted by atomic mass is 14.7. The van der Waals surface area contributed by atoms with Gasteiger partial charge in [0.2, 0.25) is 0 Å². The van der Waals surface area contributed by atoms with Crippen molar-refractivity contribution in [2.45, 2.75) is 95.4 Å². The van der Waals surface area contributed by atoms with Crippen LogP contribution in [0.2, 0.25) is 0 Å². The summed E-state index contributed by atoms with van der Waals surface area (Å²) >= 11 is 0. The third-order valence-corrected chi connectivity index (χ3v) is 7.79. The maximum Gasteiger partial charge on any atom is -0.0287 e. The van der Waals surface area contributed by atoms with Crippen molar-refractivity contribution in [3.05, 3.63) is 0 Å². The average molecular weight is 323 g/mol. The standard InChI is InChI=1S/C23H46/c1-12-13-16(4)14-22(8,9)19(7)17(5)18(6)21-20(15(2)3)23(21,10)11/h15-21H,12-14H2,1-11H3. The molecule has 6 unspecified atom stereocenters. The molecule has 0 amide bonds. The Morgan fingerprint density at radius 3 is 1.83 bits per heavy atom. The van der Waals surface area contributed by atoms with E-state index < -0.39 is 0 Å². The Hall–Kier alpha value is 0. The minimum absolute atomic E-state index is 0.453. The Kier molecular flexibility index (Phi) is 6.85. The highest BCUT2D eigenvalue weighted by Gasteiger charge is 2.61. The molecule has 1 saturated carbocycles. The second-order valence-corrected chi connectivity index (χ2v) is 10.7. The van der Waals surface area contributed by atoms with Gasteiger partial charge >= 0.3 is 0 Å². The van der Waals surface area contributed by atoms with Gasteiger partial charge in [0, 0.05) is 0 Å². The Balaban J connectivity index is 2.74. The predicted octanol–water partition coefficient (Wildman–Crippen LogP) is 7.68. The van der Waals surface area contributed by atoms with Crippen LogP contribution in [0.15, 0.2) is 0 Å². The SMILES string of the molecule is CCCC(C)CC(C)(C)C(C)C(C)C(C)C1C(C(C)C)C1(C)C. The van der Waals surface area contributed by atoms with Crippen LogP contribution in [0.4, 0.5) is 0 Å². The Bertz CT molecular complexity index is 362. The zero-order chi connectivity index (χ0) is 18.2. The lowest BCUT2D eigenvalue weighted by molar-refractivity contribution is 0.0881. The van der Waals surface area contributed by atoms with Gasteiger partial charge in [0.25, 0.3) is 0 Å². The highest BCUT2D eigenvalue weighted by molar-refractivity contribution is 5.09. The van der Waals surface area contributed by atoms with Crippen molar-refractivity contribution < 1.29 is 0 Å². The normalized spacial score (nSPS) is 29.2. The van der Waals surface area contributed by atoms with Crippen molar-refractivity contribution in [2.75, 3.05) is 0 Å². The summed E-state index contributed by atoms with van der Waals surface area (Å²) in [7, 11) is 0. The molecule has 1 fully saturated rings. The molecule has 0 aromatic carbocycles. The summed E-state index contributed by atoms with van der Waals surface area (Å²) in [6.07, 6.45) is 4.08. The molecule has 0 heteroatoms. The summed E-state index contributed by atoms with van der Waals surface area (Å²) in [4.78, 5) is 0. The zero-order valence-electron chi connectivity index (χ0n) is 18.2. The molecule has 1 aliphatic carbocycles. The minimum Gasteiger partial charge on any atom is -0.0654 e. The maximum absolute atomic E-state index is 2.54. The average Bonchev–Trinajstić information content (AvgIpc) is 2.98. The van der Waals surface area contributed by atoms with Crippen molar-refractivity contribution in [1.29, 1.82) is 0 Å². The maximum atomic E-state index is 2.54. The van der Waals surface area contributed by atoms with Crippen LogP contribution in [0.3, 0.4) is 0 Å². The van der Waals surface area contributed by atoms with Gasteiger partial charge in [0.05, 0.1) is 0 Å². The minimum atomic E-state index is 0.453. The second-order valence-electron chi connectivity index (χ2n) is 10.7. The zero-order valence-corrected chi connectivity index (χ0v) is 18.2. The molecule has 0 aromatic rings. The molecule has 1 aliphatic rings. The van der Waals surface area contributed by atoms with Gasteiger partial charge in [-0.1, -0.05) is 89.0 Å². The van der Waals surface area contributed by atoms with Crippen LogP contribution in [0.25, 0.3) is 0 Å². The van der Waals surface area contributed by atoms with Gasteiger partial charge in [-0.3, -0.25) is 0 Å². The van der Waals surface area contributed by atoms with E-state index in [1.54, 1.807) is 0 Å². The van der Waals surface area contributed by atoms with E-state index in [4.69, 9.17) is 0 Å². The van der Waals surface area contributed by atoms with Crippen LogP contribution >= 0.6 is 0 Å². The summed E-state index contributed by atoms with van der Waals surface area (Å²) in [6, 6.07) is 0. The summed E-state index contributed by atoms with van der Waals surface area (Å²) in [5.41, 5.74) is 1.01. The van der Waals surface area contributed by atoms with Crippen molar-refractivity contribution in [3.63, 3.8) is 0 Å². The van der Waals surface area contributed by atoms with E-state index in [1.165, 1.54) is 19.3 Å². The van der Waals surface area contributed by atoms with Crippen LogP contribution in [0.1, 0.15) is 95.4 Å². The number of hydrogen-bond acceptors (Lipinski definition) is 0. The molecule has 0 bridgehead atoms. The third kappa shape index (κ3) is 4.55. The molecule has 23 heavy (non-hydrogen) atoms. The molecule has 0 aromatic heterocycles. The number of hydrogen-bond donors (Lipinski definition) is 0. The number of rotatable bonds is 9. The van der Waals surface area contributed by atoms with E-state index in [2.05, 4.69) is 76.2 Å². The summed E-state index contributed by atoms with van der Waals surface area (Å²) in [5, 5.41) is 0. The fraction of sp³-hybridized carbons (Fsp3) is 1.00. The molecule has 0 N–H and O–H groups in total. The van der Waals surface area contributed by atoms with Crippen LogP contribution in [0.5, 0.6) is 0 Å². The van der Waals surface area contributed by atoms with E-state index in [-0.39, 0.29) is 0 Å². The first-order valence-corrected chi connectivity index (χ1v) is 10.4. The Morgan fingerprint density at radius 2 is 1.43 bits per heavy atom. The van der Waals surface area contributed by atoms with E-state index in [1.807, 2.05) is 0 Å². The molecule has 138 valence electrons. The lowest BCUT2D eigenvalue weighted by atomic mass is 9.65. The van der Waals surface area contributed by atoms with E-state index in [9.17, 15) is 0 Å². The molecule has 0 aliphatic heterocycles. The van der Waals surface area contributed by atoms with Gasteiger partial charge in [0.15, 0.2) is 0 Å². The van der Waals surface area contributed by atoms with Crippen molar-refractivity contribution in [2.24, 2.45) is 52.3 Å².